The Morgan fingerprint density at radius 3 is 2.40 bits per heavy atom. The molecule has 0 radical (unpaired) electrons. The molecular formula is C22H17F2N5O. The topological polar surface area (TPSA) is 79.8 Å². The lowest BCUT2D eigenvalue weighted by Gasteiger charge is -2.09. The fourth-order valence-electron chi connectivity index (χ4n) is 3.04. The van der Waals surface area contributed by atoms with Crippen LogP contribution in [-0.2, 0) is 0 Å². The summed E-state index contributed by atoms with van der Waals surface area (Å²) in [5, 5.41) is 5.14. The summed E-state index contributed by atoms with van der Waals surface area (Å²) in [6.07, 6.45) is 1.41. The molecule has 0 saturated heterocycles. The second kappa shape index (κ2) is 8.20. The first-order valence-corrected chi connectivity index (χ1v) is 9.28. The highest BCUT2D eigenvalue weighted by Gasteiger charge is 2.15. The van der Waals surface area contributed by atoms with Gasteiger partial charge in [-0.25, -0.2) is 28.5 Å². The van der Waals surface area contributed by atoms with E-state index in [1.54, 1.807) is 49.4 Å². The predicted octanol–water partition coefficient (Wildman–Crippen LogP) is 4.78. The molecule has 0 atom stereocenters. The van der Waals surface area contributed by atoms with Crippen LogP contribution in [0.15, 0.2) is 60.8 Å². The molecule has 150 valence electrons. The fraction of sp³-hybridized carbons (Fsp3) is 0.0909. The van der Waals surface area contributed by atoms with Crippen molar-refractivity contribution in [2.24, 2.45) is 0 Å². The van der Waals surface area contributed by atoms with Gasteiger partial charge in [0.2, 0.25) is 0 Å². The maximum absolute atomic E-state index is 14.7. The molecule has 4 rings (SSSR count). The Kier molecular flexibility index (Phi) is 5.30. The van der Waals surface area contributed by atoms with Gasteiger partial charge in [-0.1, -0.05) is 30.3 Å². The number of fused-ring (bicyclic) bond motifs is 1. The molecule has 2 N–H and O–H groups in total. The highest BCUT2D eigenvalue weighted by Crippen LogP contribution is 2.30. The van der Waals surface area contributed by atoms with Gasteiger partial charge in [-0.05, 0) is 36.8 Å². The summed E-state index contributed by atoms with van der Waals surface area (Å²) in [4.78, 5) is 24.5. The summed E-state index contributed by atoms with van der Waals surface area (Å²) in [6, 6.07) is 13.9. The van der Waals surface area contributed by atoms with E-state index in [2.05, 4.69) is 25.6 Å². The van der Waals surface area contributed by atoms with Crippen molar-refractivity contribution < 1.29 is 13.6 Å². The lowest BCUT2D eigenvalue weighted by atomic mass is 10.0. The molecule has 2 heterocycles. The maximum Gasteiger partial charge on any atom is 0.320 e. The Morgan fingerprint density at radius 1 is 0.967 bits per heavy atom. The van der Waals surface area contributed by atoms with Gasteiger partial charge in [0.15, 0.2) is 11.5 Å². The van der Waals surface area contributed by atoms with Gasteiger partial charge in [-0.3, -0.25) is 5.32 Å². The third kappa shape index (κ3) is 3.93. The third-order valence-corrected chi connectivity index (χ3v) is 4.39. The Hall–Kier alpha value is -3.94. The zero-order valence-electron chi connectivity index (χ0n) is 16.0. The Bertz CT molecular complexity index is 1210. The SMILES string of the molecule is CCNC(=O)Nc1cnc2ccc(-c3cc(F)c(-c4ccccc4)c(F)c3)nc2n1. The molecule has 0 aliphatic carbocycles. The first-order valence-electron chi connectivity index (χ1n) is 9.28. The summed E-state index contributed by atoms with van der Waals surface area (Å²) in [6.45, 7) is 2.26. The number of aromatic nitrogens is 3. The van der Waals surface area contributed by atoms with Gasteiger partial charge < -0.3 is 5.32 Å². The molecule has 2 amide bonds. The molecule has 0 aliphatic heterocycles. The van der Waals surface area contributed by atoms with Crippen LogP contribution in [0.25, 0.3) is 33.5 Å². The number of amides is 2. The molecule has 8 heteroatoms. The van der Waals surface area contributed by atoms with E-state index in [1.165, 1.54) is 18.3 Å². The van der Waals surface area contributed by atoms with E-state index in [4.69, 9.17) is 0 Å². The molecule has 6 nitrogen and oxygen atoms in total. The van der Waals surface area contributed by atoms with Crippen LogP contribution < -0.4 is 10.6 Å². The van der Waals surface area contributed by atoms with Crippen molar-refractivity contribution in [1.29, 1.82) is 0 Å². The van der Waals surface area contributed by atoms with Crippen LogP contribution in [0.3, 0.4) is 0 Å². The summed E-state index contributed by atoms with van der Waals surface area (Å²) in [5.74, 6) is -1.15. The van der Waals surface area contributed by atoms with E-state index < -0.39 is 17.7 Å². The van der Waals surface area contributed by atoms with E-state index in [0.29, 0.717) is 23.3 Å². The number of urea groups is 1. The average Bonchev–Trinajstić information content (AvgIpc) is 2.73. The number of carbonyl (C=O) groups excluding carboxylic acids is 1. The number of nitrogens with one attached hydrogen (secondary N) is 2. The molecule has 0 aliphatic rings. The van der Waals surface area contributed by atoms with Crippen molar-refractivity contribution >= 4 is 23.0 Å². The number of pyridine rings is 1. The van der Waals surface area contributed by atoms with Crippen molar-refractivity contribution in [1.82, 2.24) is 20.3 Å². The quantitative estimate of drug-likeness (QED) is 0.512. The molecule has 0 saturated carbocycles. The monoisotopic (exact) mass is 405 g/mol. The normalized spacial score (nSPS) is 10.8. The minimum Gasteiger partial charge on any atom is -0.338 e. The Morgan fingerprint density at radius 2 is 1.70 bits per heavy atom. The van der Waals surface area contributed by atoms with Crippen LogP contribution in [0.2, 0.25) is 0 Å². The molecule has 0 fully saturated rings. The number of hydrogen-bond acceptors (Lipinski definition) is 4. The first kappa shape index (κ1) is 19.4. The number of hydrogen-bond donors (Lipinski definition) is 2. The molecule has 2 aromatic carbocycles. The van der Waals surface area contributed by atoms with Crippen molar-refractivity contribution in [2.45, 2.75) is 6.92 Å². The fourth-order valence-corrected chi connectivity index (χ4v) is 3.04. The second-order valence-corrected chi connectivity index (χ2v) is 6.46. The molecule has 4 aromatic rings. The van der Waals surface area contributed by atoms with Gasteiger partial charge in [0, 0.05) is 12.1 Å². The number of carbonyl (C=O) groups is 1. The van der Waals surface area contributed by atoms with Crippen molar-refractivity contribution in [3.63, 3.8) is 0 Å². The van der Waals surface area contributed by atoms with E-state index >= 15 is 0 Å². The zero-order valence-corrected chi connectivity index (χ0v) is 16.0. The van der Waals surface area contributed by atoms with Gasteiger partial charge in [-0.2, -0.15) is 0 Å². The van der Waals surface area contributed by atoms with Gasteiger partial charge in [0.25, 0.3) is 0 Å². The summed E-state index contributed by atoms with van der Waals surface area (Å²) in [7, 11) is 0. The van der Waals surface area contributed by atoms with E-state index in [9.17, 15) is 13.6 Å². The predicted molar refractivity (Wildman–Crippen MR) is 111 cm³/mol. The average molecular weight is 405 g/mol. The van der Waals surface area contributed by atoms with Crippen LogP contribution in [0.1, 0.15) is 6.92 Å². The number of benzene rings is 2. The highest BCUT2D eigenvalue weighted by atomic mass is 19.1. The lowest BCUT2D eigenvalue weighted by Crippen LogP contribution is -2.28. The zero-order chi connectivity index (χ0) is 21.1. The summed E-state index contributed by atoms with van der Waals surface area (Å²) < 4.78 is 29.5. The molecule has 0 bridgehead atoms. The number of anilines is 1. The highest BCUT2D eigenvalue weighted by molar-refractivity contribution is 5.89. The molecule has 2 aromatic heterocycles. The second-order valence-electron chi connectivity index (χ2n) is 6.46. The van der Waals surface area contributed by atoms with Gasteiger partial charge in [0.05, 0.1) is 17.5 Å². The Labute approximate surface area is 171 Å². The third-order valence-electron chi connectivity index (χ3n) is 4.39. The van der Waals surface area contributed by atoms with Crippen LogP contribution in [0.5, 0.6) is 0 Å². The first-order chi connectivity index (χ1) is 14.5. The van der Waals surface area contributed by atoms with Gasteiger partial charge in [-0.15, -0.1) is 0 Å². The maximum atomic E-state index is 14.7. The van der Waals surface area contributed by atoms with Crippen LogP contribution in [-0.4, -0.2) is 27.5 Å². The van der Waals surface area contributed by atoms with Crippen molar-refractivity contribution in [3.8, 4) is 22.4 Å². The Balaban J connectivity index is 1.71. The van der Waals surface area contributed by atoms with Gasteiger partial charge >= 0.3 is 6.03 Å². The number of nitrogens with zero attached hydrogens (tertiary/aromatic N) is 3. The lowest BCUT2D eigenvalue weighted by molar-refractivity contribution is 0.252. The molecule has 30 heavy (non-hydrogen) atoms. The van der Waals surface area contributed by atoms with E-state index in [-0.39, 0.29) is 22.6 Å². The summed E-state index contributed by atoms with van der Waals surface area (Å²) >= 11 is 0. The van der Waals surface area contributed by atoms with E-state index in [0.717, 1.165) is 0 Å². The van der Waals surface area contributed by atoms with Gasteiger partial charge in [0.1, 0.15) is 17.2 Å². The number of halogens is 2. The molecule has 0 unspecified atom stereocenters. The minimum absolute atomic E-state index is 0.0895. The van der Waals surface area contributed by atoms with Crippen molar-refractivity contribution in [3.05, 3.63) is 72.4 Å². The van der Waals surface area contributed by atoms with Crippen LogP contribution in [0, 0.1) is 11.6 Å². The summed E-state index contributed by atoms with van der Waals surface area (Å²) in [5.41, 5.74) is 1.71. The minimum atomic E-state index is -0.684. The van der Waals surface area contributed by atoms with Crippen molar-refractivity contribution in [2.75, 3.05) is 11.9 Å². The molecule has 0 spiro atoms. The van der Waals surface area contributed by atoms with E-state index in [1.807, 2.05) is 0 Å². The van der Waals surface area contributed by atoms with Crippen LogP contribution in [0.4, 0.5) is 19.4 Å². The number of rotatable bonds is 4. The van der Waals surface area contributed by atoms with Crippen LogP contribution >= 0.6 is 0 Å². The molecular weight excluding hydrogens is 388 g/mol. The standard InChI is InChI=1S/C22H17F2N5O/c1-2-25-22(30)29-19-12-26-18-9-8-17(27-21(18)28-19)14-10-15(23)20(16(24)11-14)13-6-4-3-5-7-13/h3-12H,2H2,1H3,(H2,25,27,28,29,30). The smallest absolute Gasteiger partial charge is 0.320 e. The largest absolute Gasteiger partial charge is 0.338 e.